The van der Waals surface area contributed by atoms with E-state index < -0.39 is 0 Å². The van der Waals surface area contributed by atoms with Crippen LogP contribution in [0.2, 0.25) is 0 Å². The molecular formula is C27H33FN2O2. The lowest BCUT2D eigenvalue weighted by molar-refractivity contribution is -0.0389. The summed E-state index contributed by atoms with van der Waals surface area (Å²) in [5.41, 5.74) is 5.89. The number of hydrogen-bond donors (Lipinski definition) is 1. The summed E-state index contributed by atoms with van der Waals surface area (Å²) in [7, 11) is 0. The van der Waals surface area contributed by atoms with E-state index in [-0.39, 0.29) is 12.1 Å². The Balaban J connectivity index is 1.67. The number of nitrogens with zero attached hydrogens (tertiary/aromatic N) is 1. The van der Waals surface area contributed by atoms with Gasteiger partial charge in [0.25, 0.3) is 0 Å². The third kappa shape index (κ3) is 4.40. The first-order valence-electron chi connectivity index (χ1n) is 11.5. The normalized spacial score (nSPS) is 16.1. The molecule has 5 heteroatoms. The Kier molecular flexibility index (Phi) is 6.56. The monoisotopic (exact) mass is 436 g/mol. The molecule has 1 saturated heterocycles. The molecule has 1 aromatic heterocycles. The molecule has 2 heterocycles. The van der Waals surface area contributed by atoms with Crippen molar-refractivity contribution in [2.24, 2.45) is 0 Å². The van der Waals surface area contributed by atoms with Crippen LogP contribution in [0.1, 0.15) is 61.9 Å². The molecule has 1 fully saturated rings. The number of ether oxygens (including phenoxy) is 2. The van der Waals surface area contributed by atoms with Crippen molar-refractivity contribution in [3.63, 3.8) is 0 Å². The third-order valence-electron chi connectivity index (χ3n) is 6.14. The minimum Gasteiger partial charge on any atom is -0.465 e. The zero-order valence-electron chi connectivity index (χ0n) is 19.5. The van der Waals surface area contributed by atoms with E-state index in [1.165, 1.54) is 5.69 Å². The molecule has 1 aliphatic rings. The largest absolute Gasteiger partial charge is 0.465 e. The number of hydrogen-bond acceptors (Lipinski definition) is 3. The van der Waals surface area contributed by atoms with Crippen molar-refractivity contribution in [3.8, 4) is 5.75 Å². The van der Waals surface area contributed by atoms with E-state index in [0.29, 0.717) is 18.0 Å². The quantitative estimate of drug-likeness (QED) is 0.437. The summed E-state index contributed by atoms with van der Waals surface area (Å²) in [5.74, 6) is 0.960. The summed E-state index contributed by atoms with van der Waals surface area (Å²) in [6.45, 7) is 14.8. The van der Waals surface area contributed by atoms with Crippen LogP contribution in [0.4, 0.5) is 4.39 Å². The lowest BCUT2D eigenvalue weighted by atomic mass is 10.0. The summed E-state index contributed by atoms with van der Waals surface area (Å²) >= 11 is 0. The second kappa shape index (κ2) is 9.37. The molecule has 4 rings (SSSR count). The van der Waals surface area contributed by atoms with E-state index in [2.05, 4.69) is 49.4 Å². The number of aryl methyl sites for hydroxylation is 2. The number of benzene rings is 2. The molecular weight excluding hydrogens is 403 g/mol. The average Bonchev–Trinajstić information content (AvgIpc) is 3.39. The van der Waals surface area contributed by atoms with Crippen LogP contribution < -0.4 is 10.1 Å². The molecule has 1 N–H and O–H groups in total. The Morgan fingerprint density at radius 1 is 1.28 bits per heavy atom. The van der Waals surface area contributed by atoms with Gasteiger partial charge in [0.1, 0.15) is 11.6 Å². The first-order valence-corrected chi connectivity index (χ1v) is 11.5. The number of aromatic nitrogens is 1. The molecule has 0 amide bonds. The van der Waals surface area contributed by atoms with Crippen LogP contribution in [0.5, 0.6) is 5.75 Å². The minimum absolute atomic E-state index is 0.159. The van der Waals surface area contributed by atoms with Gasteiger partial charge in [0, 0.05) is 47.9 Å². The second-order valence-corrected chi connectivity index (χ2v) is 8.81. The van der Waals surface area contributed by atoms with Gasteiger partial charge in [-0.3, -0.25) is 0 Å². The second-order valence-electron chi connectivity index (χ2n) is 8.81. The Bertz CT molecular complexity index is 1130. The summed E-state index contributed by atoms with van der Waals surface area (Å²) in [6.07, 6.45) is 1.81. The van der Waals surface area contributed by atoms with Crippen LogP contribution >= 0.6 is 0 Å². The maximum absolute atomic E-state index is 14.0. The van der Waals surface area contributed by atoms with E-state index in [4.69, 9.17) is 9.47 Å². The van der Waals surface area contributed by atoms with Gasteiger partial charge < -0.3 is 19.4 Å². The van der Waals surface area contributed by atoms with Gasteiger partial charge in [-0.25, -0.2) is 4.39 Å². The summed E-state index contributed by atoms with van der Waals surface area (Å²) in [6, 6.07) is 11.6. The van der Waals surface area contributed by atoms with Crippen molar-refractivity contribution in [2.75, 3.05) is 6.61 Å². The van der Waals surface area contributed by atoms with Gasteiger partial charge >= 0.3 is 0 Å². The standard InChI is InChI=1S/C27H33FN2O2/c1-6-30-24-15-21(32-25-8-7-13-31-25)11-12-22(24)26(27(30)17(2)3)19(5)29-16-20-10-9-18(4)23(28)14-20/h9-12,14-15,17,25,29H,5-8,13,16H2,1-4H3. The highest BCUT2D eigenvalue weighted by molar-refractivity contribution is 5.95. The summed E-state index contributed by atoms with van der Waals surface area (Å²) in [5, 5.41) is 4.58. The summed E-state index contributed by atoms with van der Waals surface area (Å²) in [4.78, 5) is 0. The van der Waals surface area contributed by atoms with E-state index >= 15 is 0 Å². The highest BCUT2D eigenvalue weighted by Crippen LogP contribution is 2.37. The number of nitrogens with one attached hydrogen (secondary N) is 1. The molecule has 0 spiro atoms. The molecule has 2 aromatic carbocycles. The Morgan fingerprint density at radius 2 is 2.09 bits per heavy atom. The van der Waals surface area contributed by atoms with Gasteiger partial charge in [0.2, 0.25) is 0 Å². The first-order chi connectivity index (χ1) is 15.4. The van der Waals surface area contributed by atoms with Crippen molar-refractivity contribution in [1.82, 2.24) is 9.88 Å². The number of rotatable bonds is 8. The smallest absolute Gasteiger partial charge is 0.199 e. The predicted octanol–water partition coefficient (Wildman–Crippen LogP) is 6.51. The maximum Gasteiger partial charge on any atom is 0.199 e. The van der Waals surface area contributed by atoms with Crippen molar-refractivity contribution in [2.45, 2.75) is 65.8 Å². The maximum atomic E-state index is 14.0. The molecule has 1 atom stereocenters. The number of fused-ring (bicyclic) bond motifs is 1. The molecule has 3 aromatic rings. The van der Waals surface area contributed by atoms with Crippen LogP contribution in [0, 0.1) is 12.7 Å². The lowest BCUT2D eigenvalue weighted by Crippen LogP contribution is -2.13. The fourth-order valence-electron chi connectivity index (χ4n) is 4.52. The molecule has 0 radical (unpaired) electrons. The summed E-state index contributed by atoms with van der Waals surface area (Å²) < 4.78 is 28.0. The SMILES string of the molecule is C=C(NCc1ccc(C)c(F)c1)c1c(C(C)C)n(CC)c2cc(OC3CCCO3)ccc12. The van der Waals surface area contributed by atoms with Gasteiger partial charge in [-0.05, 0) is 55.5 Å². The Morgan fingerprint density at radius 3 is 2.75 bits per heavy atom. The third-order valence-corrected chi connectivity index (χ3v) is 6.14. The number of halogens is 1. The van der Waals surface area contributed by atoms with Crippen LogP contribution in [-0.2, 0) is 17.8 Å². The van der Waals surface area contributed by atoms with Gasteiger partial charge in [0.15, 0.2) is 6.29 Å². The van der Waals surface area contributed by atoms with Crippen LogP contribution in [0.3, 0.4) is 0 Å². The zero-order valence-corrected chi connectivity index (χ0v) is 19.5. The van der Waals surface area contributed by atoms with Crippen molar-refractivity contribution in [1.29, 1.82) is 0 Å². The van der Waals surface area contributed by atoms with Gasteiger partial charge in [-0.15, -0.1) is 0 Å². The minimum atomic E-state index is -0.181. The van der Waals surface area contributed by atoms with Gasteiger partial charge in [-0.2, -0.15) is 0 Å². The Labute approximate surface area is 190 Å². The lowest BCUT2D eigenvalue weighted by Gasteiger charge is -2.16. The van der Waals surface area contributed by atoms with Crippen molar-refractivity contribution in [3.05, 3.63) is 71.2 Å². The topological polar surface area (TPSA) is 35.4 Å². The van der Waals surface area contributed by atoms with Crippen molar-refractivity contribution >= 4 is 16.6 Å². The van der Waals surface area contributed by atoms with Crippen molar-refractivity contribution < 1.29 is 13.9 Å². The highest BCUT2D eigenvalue weighted by Gasteiger charge is 2.22. The average molecular weight is 437 g/mol. The molecule has 32 heavy (non-hydrogen) atoms. The first kappa shape index (κ1) is 22.4. The van der Waals surface area contributed by atoms with Crippen LogP contribution in [0.25, 0.3) is 16.6 Å². The zero-order chi connectivity index (χ0) is 22.8. The van der Waals surface area contributed by atoms with Crippen LogP contribution in [-0.4, -0.2) is 17.5 Å². The predicted molar refractivity (Wildman–Crippen MR) is 128 cm³/mol. The van der Waals surface area contributed by atoms with E-state index in [1.807, 2.05) is 18.2 Å². The fraction of sp³-hybridized carbons (Fsp3) is 0.407. The fourth-order valence-corrected chi connectivity index (χ4v) is 4.52. The molecule has 4 nitrogen and oxygen atoms in total. The highest BCUT2D eigenvalue weighted by atomic mass is 19.1. The van der Waals surface area contributed by atoms with Crippen LogP contribution in [0.15, 0.2) is 43.0 Å². The molecule has 1 aliphatic heterocycles. The van der Waals surface area contributed by atoms with E-state index in [1.54, 1.807) is 13.0 Å². The molecule has 0 aliphatic carbocycles. The van der Waals surface area contributed by atoms with Gasteiger partial charge in [0.05, 0.1) is 12.1 Å². The van der Waals surface area contributed by atoms with E-state index in [9.17, 15) is 4.39 Å². The van der Waals surface area contributed by atoms with E-state index in [0.717, 1.165) is 59.5 Å². The Hall–Kier alpha value is -2.79. The molecule has 0 saturated carbocycles. The van der Waals surface area contributed by atoms with Gasteiger partial charge in [-0.1, -0.05) is 32.6 Å². The molecule has 1 unspecified atom stereocenters. The molecule has 0 bridgehead atoms. The molecule has 170 valence electrons.